The number of hydrogen-bond donors (Lipinski definition) is 0. The summed E-state index contributed by atoms with van der Waals surface area (Å²) >= 11 is 6.35. The van der Waals surface area contributed by atoms with E-state index in [0.717, 1.165) is 27.6 Å². The maximum Gasteiger partial charge on any atom is 0.269 e. The minimum Gasteiger partial charge on any atom is -0.497 e. The molecule has 4 aromatic carbocycles. The number of benzene rings is 4. The molecule has 4 aromatic rings. The highest BCUT2D eigenvalue weighted by Gasteiger charge is 2.15. The van der Waals surface area contributed by atoms with Crippen LogP contribution in [0.2, 0.25) is 5.02 Å². The van der Waals surface area contributed by atoms with Gasteiger partial charge in [0.05, 0.1) is 24.2 Å². The molecule has 156 valence electrons. The van der Waals surface area contributed by atoms with Gasteiger partial charge in [-0.15, -0.1) is 0 Å². The Morgan fingerprint density at radius 1 is 0.839 bits per heavy atom. The molecule has 6 nitrogen and oxygen atoms in total. The van der Waals surface area contributed by atoms with Gasteiger partial charge in [-0.05, 0) is 59.5 Å². The normalized spacial score (nSPS) is 10.7. The van der Waals surface area contributed by atoms with E-state index in [-0.39, 0.29) is 5.69 Å². The summed E-state index contributed by atoms with van der Waals surface area (Å²) in [4.78, 5) is 10.5. The van der Waals surface area contributed by atoms with Crippen LogP contribution in [0.25, 0.3) is 21.9 Å². The number of nitro benzene ring substituents is 1. The van der Waals surface area contributed by atoms with Crippen molar-refractivity contribution in [3.05, 3.63) is 87.9 Å². The molecule has 0 amide bonds. The molecule has 0 aromatic heterocycles. The molecule has 0 N–H and O–H groups in total. The van der Waals surface area contributed by atoms with Gasteiger partial charge < -0.3 is 14.2 Å². The molecule has 0 unspecified atom stereocenters. The number of nitro groups is 1. The van der Waals surface area contributed by atoms with Gasteiger partial charge in [0.2, 0.25) is 0 Å². The first-order valence-electron chi connectivity index (χ1n) is 9.37. The van der Waals surface area contributed by atoms with Gasteiger partial charge >= 0.3 is 0 Å². The van der Waals surface area contributed by atoms with Crippen LogP contribution in [0.5, 0.6) is 23.0 Å². The minimum absolute atomic E-state index is 0.00262. The van der Waals surface area contributed by atoms with E-state index in [2.05, 4.69) is 0 Å². The van der Waals surface area contributed by atoms with E-state index in [0.29, 0.717) is 22.3 Å². The second-order valence-corrected chi connectivity index (χ2v) is 7.14. The molecule has 0 bridgehead atoms. The van der Waals surface area contributed by atoms with E-state index in [1.54, 1.807) is 32.4 Å². The summed E-state index contributed by atoms with van der Waals surface area (Å²) in [5.41, 5.74) is 1.66. The molecule has 31 heavy (non-hydrogen) atoms. The van der Waals surface area contributed by atoms with Gasteiger partial charge in [0, 0.05) is 23.1 Å². The molecule has 0 spiro atoms. The molecule has 0 saturated carbocycles. The van der Waals surface area contributed by atoms with Crippen LogP contribution in [0.1, 0.15) is 0 Å². The first-order valence-corrected chi connectivity index (χ1v) is 9.75. The van der Waals surface area contributed by atoms with Crippen molar-refractivity contribution in [3.8, 4) is 34.1 Å². The molecular weight excluding hydrogens is 418 g/mol. The predicted molar refractivity (Wildman–Crippen MR) is 121 cm³/mol. The Morgan fingerprint density at radius 2 is 1.58 bits per heavy atom. The van der Waals surface area contributed by atoms with Crippen LogP contribution >= 0.6 is 11.6 Å². The highest BCUT2D eigenvalue weighted by Crippen LogP contribution is 2.42. The first-order chi connectivity index (χ1) is 15.0. The minimum atomic E-state index is -0.446. The average molecular weight is 436 g/mol. The second kappa shape index (κ2) is 8.53. The number of hydrogen-bond acceptors (Lipinski definition) is 5. The molecule has 0 heterocycles. The van der Waals surface area contributed by atoms with Gasteiger partial charge in [0.25, 0.3) is 5.69 Å². The smallest absolute Gasteiger partial charge is 0.269 e. The molecule has 0 fully saturated rings. The average Bonchev–Trinajstić information content (AvgIpc) is 2.79. The zero-order valence-electron chi connectivity index (χ0n) is 16.8. The van der Waals surface area contributed by atoms with Gasteiger partial charge in [-0.2, -0.15) is 0 Å². The molecule has 0 atom stereocenters. The van der Waals surface area contributed by atoms with Gasteiger partial charge in [0.1, 0.15) is 23.0 Å². The van der Waals surface area contributed by atoms with Crippen LogP contribution in [-0.2, 0) is 0 Å². The van der Waals surface area contributed by atoms with Gasteiger partial charge in [0.15, 0.2) is 0 Å². The SMILES string of the molecule is COc1ccc2c(Oc3ccc([N+](=O)[O-])cc3)c(-c3ccc(OC)c(Cl)c3)ccc2c1. The third kappa shape index (κ3) is 4.11. The number of methoxy groups -OCH3 is 2. The van der Waals surface area contributed by atoms with E-state index in [1.807, 2.05) is 42.5 Å². The first kappa shape index (κ1) is 20.5. The summed E-state index contributed by atoms with van der Waals surface area (Å²) in [5.74, 6) is 2.40. The lowest BCUT2D eigenvalue weighted by atomic mass is 9.99. The Labute approximate surface area is 183 Å². The van der Waals surface area contributed by atoms with Crippen LogP contribution in [0.15, 0.2) is 72.8 Å². The lowest BCUT2D eigenvalue weighted by molar-refractivity contribution is -0.384. The fourth-order valence-corrected chi connectivity index (χ4v) is 3.59. The highest BCUT2D eigenvalue weighted by atomic mass is 35.5. The van der Waals surface area contributed by atoms with Crippen LogP contribution < -0.4 is 14.2 Å². The standard InChI is InChI=1S/C24H18ClNO5/c1-29-19-9-11-21-15(13-19)3-10-20(16-4-12-23(30-2)22(25)14-16)24(21)31-18-7-5-17(6-8-18)26(27)28/h3-14H,1-2H3. The Hall–Kier alpha value is -3.77. The van der Waals surface area contributed by atoms with Crippen molar-refractivity contribution < 1.29 is 19.1 Å². The van der Waals surface area contributed by atoms with E-state index in [4.69, 9.17) is 25.8 Å². The van der Waals surface area contributed by atoms with Gasteiger partial charge in [-0.25, -0.2) is 0 Å². The summed E-state index contributed by atoms with van der Waals surface area (Å²) in [6, 6.07) is 21.1. The third-order valence-corrected chi connectivity index (χ3v) is 5.20. The topological polar surface area (TPSA) is 70.8 Å². The summed E-state index contributed by atoms with van der Waals surface area (Å²) in [7, 11) is 3.18. The Balaban J connectivity index is 1.87. The lowest BCUT2D eigenvalue weighted by Gasteiger charge is -2.16. The number of fused-ring (bicyclic) bond motifs is 1. The maximum absolute atomic E-state index is 11.0. The highest BCUT2D eigenvalue weighted by molar-refractivity contribution is 6.32. The predicted octanol–water partition coefficient (Wildman–Crippen LogP) is 6.88. The summed E-state index contributed by atoms with van der Waals surface area (Å²) in [5, 5.41) is 13.2. The fraction of sp³-hybridized carbons (Fsp3) is 0.0833. The maximum atomic E-state index is 11.0. The van der Waals surface area contributed by atoms with Crippen molar-refractivity contribution in [1.82, 2.24) is 0 Å². The second-order valence-electron chi connectivity index (χ2n) is 6.73. The van der Waals surface area contributed by atoms with Gasteiger partial charge in [-0.1, -0.05) is 23.7 Å². The van der Waals surface area contributed by atoms with E-state index in [1.165, 1.54) is 12.1 Å². The van der Waals surface area contributed by atoms with Crippen molar-refractivity contribution in [3.63, 3.8) is 0 Å². The Kier molecular flexibility index (Phi) is 5.64. The molecule has 0 aliphatic rings. The molecule has 7 heteroatoms. The zero-order chi connectivity index (χ0) is 22.0. The summed E-state index contributed by atoms with van der Waals surface area (Å²) in [6.45, 7) is 0. The van der Waals surface area contributed by atoms with Crippen molar-refractivity contribution in [1.29, 1.82) is 0 Å². The van der Waals surface area contributed by atoms with Crippen molar-refractivity contribution >= 4 is 28.1 Å². The molecule has 4 rings (SSSR count). The summed E-state index contributed by atoms with van der Waals surface area (Å²) < 4.78 is 16.8. The van der Waals surface area contributed by atoms with Crippen molar-refractivity contribution in [2.24, 2.45) is 0 Å². The monoisotopic (exact) mass is 435 g/mol. The Bertz CT molecular complexity index is 1270. The molecule has 0 aliphatic heterocycles. The van der Waals surface area contributed by atoms with E-state index >= 15 is 0 Å². The van der Waals surface area contributed by atoms with Crippen LogP contribution in [0, 0.1) is 10.1 Å². The third-order valence-electron chi connectivity index (χ3n) is 4.91. The largest absolute Gasteiger partial charge is 0.497 e. The molecule has 0 radical (unpaired) electrons. The van der Waals surface area contributed by atoms with E-state index in [9.17, 15) is 10.1 Å². The molecular formula is C24H18ClNO5. The Morgan fingerprint density at radius 3 is 2.23 bits per heavy atom. The van der Waals surface area contributed by atoms with Crippen molar-refractivity contribution in [2.75, 3.05) is 14.2 Å². The molecule has 0 saturated heterocycles. The number of rotatable bonds is 6. The number of halogens is 1. The number of ether oxygens (including phenoxy) is 3. The number of nitrogens with zero attached hydrogens (tertiary/aromatic N) is 1. The van der Waals surface area contributed by atoms with Crippen LogP contribution in [0.3, 0.4) is 0 Å². The van der Waals surface area contributed by atoms with Gasteiger partial charge in [-0.3, -0.25) is 10.1 Å². The summed E-state index contributed by atoms with van der Waals surface area (Å²) in [6.07, 6.45) is 0. The van der Waals surface area contributed by atoms with Crippen LogP contribution in [-0.4, -0.2) is 19.1 Å². The quantitative estimate of drug-likeness (QED) is 0.244. The number of non-ortho nitro benzene ring substituents is 1. The lowest BCUT2D eigenvalue weighted by Crippen LogP contribution is -1.93. The zero-order valence-corrected chi connectivity index (χ0v) is 17.6. The van der Waals surface area contributed by atoms with Crippen LogP contribution in [0.4, 0.5) is 5.69 Å². The van der Waals surface area contributed by atoms with E-state index < -0.39 is 4.92 Å². The molecule has 0 aliphatic carbocycles. The fourth-order valence-electron chi connectivity index (χ4n) is 3.33. The van der Waals surface area contributed by atoms with Crippen molar-refractivity contribution in [2.45, 2.75) is 0 Å².